The number of phenols is 1. The van der Waals surface area contributed by atoms with Crippen LogP contribution in [0.25, 0.3) is 0 Å². The lowest BCUT2D eigenvalue weighted by molar-refractivity contribution is 0.471. The van der Waals surface area contributed by atoms with E-state index in [9.17, 15) is 5.11 Å². The number of hydrogen-bond donors (Lipinski definition) is 2. The molecule has 2 aromatic rings. The van der Waals surface area contributed by atoms with Crippen molar-refractivity contribution in [3.05, 3.63) is 59.2 Å². The molecule has 0 saturated heterocycles. The van der Waals surface area contributed by atoms with Crippen LogP contribution in [0.1, 0.15) is 36.5 Å². The van der Waals surface area contributed by atoms with Gasteiger partial charge >= 0.3 is 0 Å². The molecule has 2 rings (SSSR count). The van der Waals surface area contributed by atoms with Gasteiger partial charge in [0, 0.05) is 0 Å². The van der Waals surface area contributed by atoms with Crippen molar-refractivity contribution in [3.63, 3.8) is 0 Å². The summed E-state index contributed by atoms with van der Waals surface area (Å²) in [5.74, 6) is 0.320. The monoisotopic (exact) mass is 282 g/mol. The van der Waals surface area contributed by atoms with Crippen LogP contribution in [-0.4, -0.2) is 10.8 Å². The van der Waals surface area contributed by atoms with Crippen molar-refractivity contribution in [2.24, 2.45) is 5.10 Å². The quantitative estimate of drug-likeness (QED) is 0.620. The molecule has 3 nitrogen and oxygen atoms in total. The second-order valence-corrected chi connectivity index (χ2v) is 5.29. The largest absolute Gasteiger partial charge is 0.508 e. The third-order valence-electron chi connectivity index (χ3n) is 3.39. The van der Waals surface area contributed by atoms with E-state index >= 15 is 0 Å². The van der Waals surface area contributed by atoms with Crippen molar-refractivity contribution in [1.29, 1.82) is 0 Å². The van der Waals surface area contributed by atoms with Crippen molar-refractivity contribution in [2.75, 3.05) is 5.43 Å². The van der Waals surface area contributed by atoms with E-state index in [1.165, 1.54) is 5.56 Å². The normalized spacial score (nSPS) is 11.5. The van der Waals surface area contributed by atoms with Crippen LogP contribution in [0.4, 0.5) is 5.69 Å². The molecular weight excluding hydrogens is 260 g/mol. The third-order valence-corrected chi connectivity index (χ3v) is 3.39. The maximum atomic E-state index is 9.63. The molecule has 21 heavy (non-hydrogen) atoms. The maximum absolute atomic E-state index is 9.63. The lowest BCUT2D eigenvalue weighted by Gasteiger charge is -2.09. The number of phenolic OH excluding ortho intramolecular Hbond substituents is 1. The summed E-state index contributed by atoms with van der Waals surface area (Å²) >= 11 is 0. The molecule has 0 amide bonds. The zero-order chi connectivity index (χ0) is 15.2. The van der Waals surface area contributed by atoms with Crippen molar-refractivity contribution in [1.82, 2.24) is 0 Å². The molecule has 0 heterocycles. The van der Waals surface area contributed by atoms with Gasteiger partial charge in [0.2, 0.25) is 0 Å². The first-order chi connectivity index (χ1) is 10.1. The van der Waals surface area contributed by atoms with Crippen molar-refractivity contribution < 1.29 is 5.11 Å². The number of anilines is 1. The van der Waals surface area contributed by atoms with Crippen LogP contribution >= 0.6 is 0 Å². The standard InChI is InChI=1S/C18H22N2O/c1-4-5-17(15-8-11-18(21)14(3)12-15)20-19-16-9-6-13(2)7-10-16/h6-12,19,21H,4-5H2,1-3H3. The minimum Gasteiger partial charge on any atom is -0.508 e. The van der Waals surface area contributed by atoms with Crippen LogP contribution in [0.15, 0.2) is 47.6 Å². The highest BCUT2D eigenvalue weighted by atomic mass is 16.3. The highest BCUT2D eigenvalue weighted by molar-refractivity contribution is 6.01. The van der Waals surface area contributed by atoms with Gasteiger partial charge in [0.1, 0.15) is 5.75 Å². The van der Waals surface area contributed by atoms with Gasteiger partial charge in [-0.15, -0.1) is 0 Å². The van der Waals surface area contributed by atoms with Crippen LogP contribution in [0.3, 0.4) is 0 Å². The van der Waals surface area contributed by atoms with E-state index < -0.39 is 0 Å². The molecule has 0 aliphatic carbocycles. The molecule has 0 bridgehead atoms. The first-order valence-corrected chi connectivity index (χ1v) is 7.29. The van der Waals surface area contributed by atoms with Gasteiger partial charge in [0.15, 0.2) is 0 Å². The summed E-state index contributed by atoms with van der Waals surface area (Å²) in [4.78, 5) is 0. The number of nitrogens with one attached hydrogen (secondary N) is 1. The number of hydrazone groups is 1. The molecule has 0 aliphatic rings. The number of aromatic hydroxyl groups is 1. The second kappa shape index (κ2) is 6.93. The van der Waals surface area contributed by atoms with E-state index in [4.69, 9.17) is 0 Å². The van der Waals surface area contributed by atoms with E-state index in [0.29, 0.717) is 5.75 Å². The predicted molar refractivity (Wildman–Crippen MR) is 89.1 cm³/mol. The topological polar surface area (TPSA) is 44.6 Å². The van der Waals surface area contributed by atoms with E-state index in [2.05, 4.69) is 36.5 Å². The molecule has 0 fully saturated rings. The molecule has 3 heteroatoms. The van der Waals surface area contributed by atoms with Crippen LogP contribution in [0.2, 0.25) is 0 Å². The van der Waals surface area contributed by atoms with Crippen molar-refractivity contribution in [3.8, 4) is 5.75 Å². The molecule has 0 atom stereocenters. The zero-order valence-electron chi connectivity index (χ0n) is 12.9. The third kappa shape index (κ3) is 4.09. The summed E-state index contributed by atoms with van der Waals surface area (Å²) in [6.45, 7) is 6.10. The molecule has 0 radical (unpaired) electrons. The Morgan fingerprint density at radius 3 is 2.43 bits per heavy atom. The Hall–Kier alpha value is -2.29. The fourth-order valence-electron chi connectivity index (χ4n) is 2.10. The summed E-state index contributed by atoms with van der Waals surface area (Å²) in [5, 5.41) is 14.2. The lowest BCUT2D eigenvalue weighted by atomic mass is 10.0. The molecule has 0 unspecified atom stereocenters. The summed E-state index contributed by atoms with van der Waals surface area (Å²) in [7, 11) is 0. The van der Waals surface area contributed by atoms with Crippen LogP contribution in [0, 0.1) is 13.8 Å². The minimum absolute atomic E-state index is 0.320. The average molecular weight is 282 g/mol. The summed E-state index contributed by atoms with van der Waals surface area (Å²) in [6.07, 6.45) is 1.91. The number of benzene rings is 2. The van der Waals surface area contributed by atoms with Gasteiger partial charge in [-0.3, -0.25) is 5.43 Å². The Morgan fingerprint density at radius 1 is 1.10 bits per heavy atom. The number of hydrogen-bond acceptors (Lipinski definition) is 3. The summed E-state index contributed by atoms with van der Waals surface area (Å²) in [6, 6.07) is 13.8. The first kappa shape index (κ1) is 15.1. The summed E-state index contributed by atoms with van der Waals surface area (Å²) in [5.41, 5.74) is 8.24. The highest BCUT2D eigenvalue weighted by Gasteiger charge is 2.05. The lowest BCUT2D eigenvalue weighted by Crippen LogP contribution is -2.04. The van der Waals surface area contributed by atoms with Gasteiger partial charge in [-0.2, -0.15) is 5.10 Å². The summed E-state index contributed by atoms with van der Waals surface area (Å²) < 4.78 is 0. The van der Waals surface area contributed by atoms with Gasteiger partial charge < -0.3 is 5.11 Å². The Balaban J connectivity index is 2.22. The van der Waals surface area contributed by atoms with E-state index in [1.54, 1.807) is 6.07 Å². The van der Waals surface area contributed by atoms with E-state index in [-0.39, 0.29) is 0 Å². The van der Waals surface area contributed by atoms with Crippen molar-refractivity contribution >= 4 is 11.4 Å². The van der Waals surface area contributed by atoms with Gasteiger partial charge in [-0.05, 0) is 61.7 Å². The van der Waals surface area contributed by atoms with Crippen LogP contribution in [-0.2, 0) is 0 Å². The Labute approximate surface area is 126 Å². The van der Waals surface area contributed by atoms with Gasteiger partial charge in [-0.25, -0.2) is 0 Å². The Kier molecular flexibility index (Phi) is 4.99. The molecule has 2 aromatic carbocycles. The molecule has 110 valence electrons. The van der Waals surface area contributed by atoms with E-state index in [1.807, 2.05) is 31.2 Å². The van der Waals surface area contributed by atoms with Crippen molar-refractivity contribution in [2.45, 2.75) is 33.6 Å². The number of nitrogens with zero attached hydrogens (tertiary/aromatic N) is 1. The van der Waals surface area contributed by atoms with Crippen LogP contribution < -0.4 is 5.43 Å². The molecular formula is C18H22N2O. The molecule has 2 N–H and O–H groups in total. The molecule has 0 saturated carbocycles. The van der Waals surface area contributed by atoms with Gasteiger partial charge in [0.05, 0.1) is 11.4 Å². The predicted octanol–water partition coefficient (Wildman–Crippen LogP) is 4.63. The average Bonchev–Trinajstić information content (AvgIpc) is 2.48. The first-order valence-electron chi connectivity index (χ1n) is 7.29. The molecule has 0 aliphatic heterocycles. The molecule has 0 aromatic heterocycles. The van der Waals surface area contributed by atoms with E-state index in [0.717, 1.165) is 35.4 Å². The Morgan fingerprint density at radius 2 is 1.81 bits per heavy atom. The maximum Gasteiger partial charge on any atom is 0.118 e. The Bertz CT molecular complexity index is 630. The SMILES string of the molecule is CCCC(=NNc1ccc(C)cc1)c1ccc(O)c(C)c1. The van der Waals surface area contributed by atoms with Gasteiger partial charge in [-0.1, -0.05) is 31.0 Å². The fraction of sp³-hybridized carbons (Fsp3) is 0.278. The molecule has 0 spiro atoms. The highest BCUT2D eigenvalue weighted by Crippen LogP contribution is 2.19. The fourth-order valence-corrected chi connectivity index (χ4v) is 2.10. The smallest absolute Gasteiger partial charge is 0.118 e. The van der Waals surface area contributed by atoms with Crippen LogP contribution in [0.5, 0.6) is 5.75 Å². The zero-order valence-corrected chi connectivity index (χ0v) is 12.9. The number of aryl methyl sites for hydroxylation is 2. The van der Waals surface area contributed by atoms with Gasteiger partial charge in [0.25, 0.3) is 0 Å². The number of rotatable bonds is 5. The minimum atomic E-state index is 0.320. The second-order valence-electron chi connectivity index (χ2n) is 5.29.